The molecule has 1 aromatic carbocycles. The zero-order valence-electron chi connectivity index (χ0n) is 10.1. The third-order valence-electron chi connectivity index (χ3n) is 3.40. The topological polar surface area (TPSA) is 58.4 Å². The Kier molecular flexibility index (Phi) is 3.76. The number of carbonyl (C=O) groups excluding carboxylic acids is 1. The van der Waals surface area contributed by atoms with Gasteiger partial charge in [-0.3, -0.25) is 15.1 Å². The van der Waals surface area contributed by atoms with E-state index in [4.69, 9.17) is 5.84 Å². The van der Waals surface area contributed by atoms with Crippen LogP contribution >= 0.6 is 0 Å². The minimum atomic E-state index is -0.235. The highest BCUT2D eigenvalue weighted by atomic mass is 16.2. The van der Waals surface area contributed by atoms with E-state index < -0.39 is 0 Å². The Morgan fingerprint density at radius 1 is 1.59 bits per heavy atom. The first-order valence-electron chi connectivity index (χ1n) is 6.04. The van der Waals surface area contributed by atoms with Crippen LogP contribution in [0.5, 0.6) is 0 Å². The van der Waals surface area contributed by atoms with Crippen molar-refractivity contribution in [3.63, 3.8) is 0 Å². The molecular weight excluding hydrogens is 214 g/mol. The second kappa shape index (κ2) is 5.29. The van der Waals surface area contributed by atoms with Crippen molar-refractivity contribution in [3.05, 3.63) is 35.4 Å². The van der Waals surface area contributed by atoms with E-state index in [0.717, 1.165) is 13.1 Å². The fourth-order valence-electron chi connectivity index (χ4n) is 2.36. The van der Waals surface area contributed by atoms with Gasteiger partial charge in [-0.05, 0) is 44.0 Å². The number of hydrazine groups is 1. The molecule has 1 fully saturated rings. The minimum Gasteiger partial charge on any atom is -0.296 e. The normalized spacial score (nSPS) is 20.5. The minimum absolute atomic E-state index is 0.235. The van der Waals surface area contributed by atoms with Crippen LogP contribution in [0, 0.1) is 0 Å². The third-order valence-corrected chi connectivity index (χ3v) is 3.40. The van der Waals surface area contributed by atoms with Crippen LogP contribution in [0.4, 0.5) is 0 Å². The average molecular weight is 233 g/mol. The highest BCUT2D eigenvalue weighted by molar-refractivity contribution is 5.93. The van der Waals surface area contributed by atoms with Crippen LogP contribution in [0.3, 0.4) is 0 Å². The van der Waals surface area contributed by atoms with Crippen LogP contribution in [0.2, 0.25) is 0 Å². The predicted molar refractivity (Wildman–Crippen MR) is 67.2 cm³/mol. The summed E-state index contributed by atoms with van der Waals surface area (Å²) in [5, 5.41) is 0. The summed E-state index contributed by atoms with van der Waals surface area (Å²) in [4.78, 5) is 13.9. The van der Waals surface area contributed by atoms with Crippen molar-refractivity contribution >= 4 is 5.91 Å². The summed E-state index contributed by atoms with van der Waals surface area (Å²) in [7, 11) is 0. The van der Waals surface area contributed by atoms with Gasteiger partial charge in [0.05, 0.1) is 0 Å². The summed E-state index contributed by atoms with van der Waals surface area (Å²) in [5.74, 6) is 4.89. The van der Waals surface area contributed by atoms with Crippen LogP contribution < -0.4 is 11.3 Å². The van der Waals surface area contributed by atoms with Crippen molar-refractivity contribution in [2.45, 2.75) is 32.4 Å². The van der Waals surface area contributed by atoms with Gasteiger partial charge in [0, 0.05) is 18.2 Å². The molecule has 0 bridgehead atoms. The molecule has 0 spiro atoms. The molecule has 0 aliphatic carbocycles. The number of hydrogen-bond donors (Lipinski definition) is 2. The van der Waals surface area contributed by atoms with Gasteiger partial charge in [-0.15, -0.1) is 0 Å². The lowest BCUT2D eigenvalue weighted by molar-refractivity contribution is 0.0953. The lowest BCUT2D eigenvalue weighted by Crippen LogP contribution is -2.30. The number of nitrogens with zero attached hydrogens (tertiary/aromatic N) is 1. The molecule has 4 nitrogen and oxygen atoms in total. The summed E-state index contributed by atoms with van der Waals surface area (Å²) >= 11 is 0. The third kappa shape index (κ3) is 2.84. The summed E-state index contributed by atoms with van der Waals surface area (Å²) < 4.78 is 0. The van der Waals surface area contributed by atoms with Gasteiger partial charge in [0.1, 0.15) is 0 Å². The first kappa shape index (κ1) is 12.1. The summed E-state index contributed by atoms with van der Waals surface area (Å²) in [6.07, 6.45) is 2.53. The van der Waals surface area contributed by atoms with E-state index in [1.165, 1.54) is 18.4 Å². The van der Waals surface area contributed by atoms with Crippen LogP contribution in [-0.2, 0) is 6.54 Å². The number of carbonyl (C=O) groups is 1. The van der Waals surface area contributed by atoms with Gasteiger partial charge in [-0.1, -0.05) is 12.1 Å². The zero-order valence-corrected chi connectivity index (χ0v) is 10.1. The Balaban J connectivity index is 2.08. The van der Waals surface area contributed by atoms with E-state index in [9.17, 15) is 4.79 Å². The highest BCUT2D eigenvalue weighted by Gasteiger charge is 2.20. The number of amides is 1. The zero-order chi connectivity index (χ0) is 12.3. The monoisotopic (exact) mass is 233 g/mol. The molecule has 0 radical (unpaired) electrons. The Labute approximate surface area is 102 Å². The molecule has 92 valence electrons. The number of nitrogens with one attached hydrogen (secondary N) is 1. The Morgan fingerprint density at radius 3 is 3.06 bits per heavy atom. The van der Waals surface area contributed by atoms with Crippen LogP contribution in [0.1, 0.15) is 35.7 Å². The van der Waals surface area contributed by atoms with Crippen molar-refractivity contribution in [1.82, 2.24) is 10.3 Å². The maximum absolute atomic E-state index is 11.4. The fourth-order valence-corrected chi connectivity index (χ4v) is 2.36. The van der Waals surface area contributed by atoms with E-state index >= 15 is 0 Å². The molecule has 1 atom stereocenters. The maximum Gasteiger partial charge on any atom is 0.265 e. The Morgan fingerprint density at radius 2 is 2.41 bits per heavy atom. The average Bonchev–Trinajstić information content (AvgIpc) is 2.74. The maximum atomic E-state index is 11.4. The lowest BCUT2D eigenvalue weighted by atomic mass is 10.1. The molecule has 17 heavy (non-hydrogen) atoms. The van der Waals surface area contributed by atoms with Gasteiger partial charge in [-0.2, -0.15) is 0 Å². The van der Waals surface area contributed by atoms with Gasteiger partial charge >= 0.3 is 0 Å². The number of likely N-dealkylation sites (tertiary alicyclic amines) is 1. The van der Waals surface area contributed by atoms with E-state index in [-0.39, 0.29) is 5.91 Å². The molecule has 0 saturated carbocycles. The Bertz CT molecular complexity index is 405. The van der Waals surface area contributed by atoms with E-state index in [0.29, 0.717) is 11.6 Å². The number of rotatable bonds is 3. The quantitative estimate of drug-likeness (QED) is 0.469. The number of benzene rings is 1. The fraction of sp³-hybridized carbons (Fsp3) is 0.462. The van der Waals surface area contributed by atoms with Crippen molar-refractivity contribution in [1.29, 1.82) is 0 Å². The predicted octanol–water partition coefficient (Wildman–Crippen LogP) is 1.27. The summed E-state index contributed by atoms with van der Waals surface area (Å²) in [6, 6.07) is 8.28. The first-order valence-corrected chi connectivity index (χ1v) is 6.04. The number of nitrogen functional groups attached to an aromatic ring is 1. The number of nitrogens with two attached hydrogens (primary N) is 1. The summed E-state index contributed by atoms with van der Waals surface area (Å²) in [5.41, 5.74) is 3.95. The van der Waals surface area contributed by atoms with Gasteiger partial charge in [0.15, 0.2) is 0 Å². The molecule has 1 heterocycles. The van der Waals surface area contributed by atoms with E-state index in [1.807, 2.05) is 12.1 Å². The second-order valence-electron chi connectivity index (χ2n) is 4.64. The van der Waals surface area contributed by atoms with Crippen molar-refractivity contribution in [3.8, 4) is 0 Å². The van der Waals surface area contributed by atoms with Crippen molar-refractivity contribution in [2.24, 2.45) is 5.84 Å². The van der Waals surface area contributed by atoms with Crippen LogP contribution in [0.25, 0.3) is 0 Å². The van der Waals surface area contributed by atoms with Gasteiger partial charge < -0.3 is 0 Å². The standard InChI is InChI=1S/C13H19N3O/c1-10-4-3-7-16(10)9-11-5-2-6-12(8-11)13(17)15-14/h2,5-6,8,10H,3-4,7,9,14H2,1H3,(H,15,17). The van der Waals surface area contributed by atoms with Gasteiger partial charge in [0.25, 0.3) is 5.91 Å². The van der Waals surface area contributed by atoms with E-state index in [2.05, 4.69) is 23.3 Å². The molecule has 1 amide bonds. The first-order chi connectivity index (χ1) is 8.20. The van der Waals surface area contributed by atoms with Gasteiger partial charge in [-0.25, -0.2) is 5.84 Å². The molecular formula is C13H19N3O. The second-order valence-corrected chi connectivity index (χ2v) is 4.64. The lowest BCUT2D eigenvalue weighted by Gasteiger charge is -2.21. The molecule has 1 aliphatic rings. The Hall–Kier alpha value is -1.39. The van der Waals surface area contributed by atoms with Crippen molar-refractivity contribution in [2.75, 3.05) is 6.54 Å². The van der Waals surface area contributed by atoms with Gasteiger partial charge in [0.2, 0.25) is 0 Å². The molecule has 1 saturated heterocycles. The molecule has 0 aromatic heterocycles. The summed E-state index contributed by atoms with van der Waals surface area (Å²) in [6.45, 7) is 4.31. The van der Waals surface area contributed by atoms with E-state index in [1.54, 1.807) is 6.07 Å². The largest absolute Gasteiger partial charge is 0.296 e. The molecule has 1 unspecified atom stereocenters. The molecule has 2 rings (SSSR count). The molecule has 1 aromatic rings. The molecule has 4 heteroatoms. The number of hydrogen-bond acceptors (Lipinski definition) is 3. The van der Waals surface area contributed by atoms with Crippen LogP contribution in [0.15, 0.2) is 24.3 Å². The SMILES string of the molecule is CC1CCCN1Cc1cccc(C(=O)NN)c1. The molecule has 3 N–H and O–H groups in total. The van der Waals surface area contributed by atoms with Crippen molar-refractivity contribution < 1.29 is 4.79 Å². The van der Waals surface area contributed by atoms with Crippen LogP contribution in [-0.4, -0.2) is 23.4 Å². The highest BCUT2D eigenvalue weighted by Crippen LogP contribution is 2.19. The smallest absolute Gasteiger partial charge is 0.265 e. The molecule has 1 aliphatic heterocycles.